The fourth-order valence-corrected chi connectivity index (χ4v) is 5.88. The van der Waals surface area contributed by atoms with Crippen LogP contribution in [0.5, 0.6) is 0 Å². The molecule has 268 valence electrons. The van der Waals surface area contributed by atoms with Gasteiger partial charge < -0.3 is 43.2 Å². The third-order valence-corrected chi connectivity index (χ3v) is 8.70. The molecule has 0 aliphatic carbocycles. The Bertz CT molecular complexity index is 1370. The molecule has 4 atom stereocenters. The van der Waals surface area contributed by atoms with Gasteiger partial charge in [0, 0.05) is 6.42 Å². The van der Waals surface area contributed by atoms with E-state index in [1.54, 1.807) is 0 Å². The van der Waals surface area contributed by atoms with E-state index in [0.29, 0.717) is 32.5 Å². The van der Waals surface area contributed by atoms with E-state index in [1.165, 1.54) is 0 Å². The zero-order valence-corrected chi connectivity index (χ0v) is 28.6. The lowest BCUT2D eigenvalue weighted by Gasteiger charge is -2.36. The average molecular weight is 680 g/mol. The van der Waals surface area contributed by atoms with E-state index in [-0.39, 0.29) is 44.4 Å². The van der Waals surface area contributed by atoms with Crippen molar-refractivity contribution in [3.8, 4) is 0 Å². The molecule has 1 aliphatic heterocycles. The van der Waals surface area contributed by atoms with Crippen molar-refractivity contribution in [2.24, 2.45) is 17.4 Å². The van der Waals surface area contributed by atoms with Gasteiger partial charge in [0.1, 0.15) is 23.7 Å². The molecule has 13 nitrogen and oxygen atoms in total. The van der Waals surface area contributed by atoms with Crippen LogP contribution >= 0.6 is 0 Å². The van der Waals surface area contributed by atoms with Crippen LogP contribution in [0.15, 0.2) is 60.7 Å². The van der Waals surface area contributed by atoms with Crippen molar-refractivity contribution < 1.29 is 29.1 Å². The number of carbonyl (C=O) groups is 5. The lowest BCUT2D eigenvalue weighted by Crippen LogP contribution is -2.63. The number of amides is 4. The number of carboxylic acids is 1. The summed E-state index contributed by atoms with van der Waals surface area (Å²) in [6.45, 7) is 5.05. The zero-order valence-electron chi connectivity index (χ0n) is 28.6. The van der Waals surface area contributed by atoms with Gasteiger partial charge in [0.05, 0.1) is 6.04 Å². The van der Waals surface area contributed by atoms with Crippen molar-refractivity contribution in [3.05, 3.63) is 71.8 Å². The van der Waals surface area contributed by atoms with Gasteiger partial charge in [0.15, 0.2) is 0 Å². The smallest absolute Gasteiger partial charge is 0.329 e. The number of benzene rings is 2. The molecule has 0 radical (unpaired) electrons. The summed E-state index contributed by atoms with van der Waals surface area (Å²) in [7, 11) is 0. The Labute approximate surface area is 288 Å². The quantitative estimate of drug-likeness (QED) is 0.0982. The van der Waals surface area contributed by atoms with Crippen LogP contribution in [-0.2, 0) is 36.8 Å². The molecule has 49 heavy (non-hydrogen) atoms. The second-order valence-electron chi connectivity index (χ2n) is 13.2. The van der Waals surface area contributed by atoms with Crippen LogP contribution in [0, 0.1) is 5.92 Å². The van der Waals surface area contributed by atoms with Gasteiger partial charge in [-0.25, -0.2) is 4.79 Å². The molecule has 0 aromatic heterocycles. The van der Waals surface area contributed by atoms with Gasteiger partial charge in [0.2, 0.25) is 23.6 Å². The topological polar surface area (TPSA) is 218 Å². The standard InChI is InChI=1S/C36H53N7O6/c1-24(2)21-29(32(45)40-28(15-9-10-18-37)34(47)43-36(35(48)49)16-19-39-20-17-36)42-33(46)30(23-26-13-7-4-8-14-26)41-31(44)27(38)22-25-11-5-3-6-12-25/h3-8,11-14,24,27-30,39H,9-10,15-23,37-38H2,1-2H3,(H,40,45)(H,41,44)(H,42,46)(H,43,47)(H,48,49)/t27-,28-,29-,30-/m1/s1. The zero-order chi connectivity index (χ0) is 35.8. The summed E-state index contributed by atoms with van der Waals surface area (Å²) < 4.78 is 0. The van der Waals surface area contributed by atoms with Crippen LogP contribution in [0.3, 0.4) is 0 Å². The number of carboxylic acid groups (broad SMARTS) is 1. The number of aliphatic carboxylic acids is 1. The first-order valence-corrected chi connectivity index (χ1v) is 17.1. The average Bonchev–Trinajstić information content (AvgIpc) is 3.08. The molecule has 13 heteroatoms. The highest BCUT2D eigenvalue weighted by atomic mass is 16.4. The predicted molar refractivity (Wildman–Crippen MR) is 187 cm³/mol. The Balaban J connectivity index is 1.79. The Kier molecular flexibility index (Phi) is 15.7. The number of nitrogens with one attached hydrogen (secondary N) is 5. The normalized spacial score (nSPS) is 16.4. The highest BCUT2D eigenvalue weighted by Crippen LogP contribution is 2.20. The van der Waals surface area contributed by atoms with Crippen LogP contribution in [0.1, 0.15) is 63.5 Å². The molecule has 1 saturated heterocycles. The fraction of sp³-hybridized carbons (Fsp3) is 0.528. The second-order valence-corrected chi connectivity index (χ2v) is 13.2. The van der Waals surface area contributed by atoms with Gasteiger partial charge in [-0.2, -0.15) is 0 Å². The van der Waals surface area contributed by atoms with E-state index in [2.05, 4.69) is 26.6 Å². The van der Waals surface area contributed by atoms with Crippen LogP contribution in [0.25, 0.3) is 0 Å². The fourth-order valence-electron chi connectivity index (χ4n) is 5.88. The van der Waals surface area contributed by atoms with Crippen LogP contribution in [0.4, 0.5) is 0 Å². The van der Waals surface area contributed by atoms with Gasteiger partial charge in [-0.1, -0.05) is 74.5 Å². The van der Waals surface area contributed by atoms with E-state index >= 15 is 0 Å². The predicted octanol–water partition coefficient (Wildman–Crippen LogP) is 0.752. The Morgan fingerprint density at radius 3 is 1.84 bits per heavy atom. The number of hydrogen-bond acceptors (Lipinski definition) is 8. The Morgan fingerprint density at radius 2 is 1.29 bits per heavy atom. The molecule has 1 aliphatic rings. The van der Waals surface area contributed by atoms with Gasteiger partial charge in [0.25, 0.3) is 0 Å². The molecular weight excluding hydrogens is 626 g/mol. The number of rotatable bonds is 19. The molecule has 2 aromatic carbocycles. The number of carbonyl (C=O) groups excluding carboxylic acids is 4. The van der Waals surface area contributed by atoms with Gasteiger partial charge in [-0.05, 0) is 81.6 Å². The SMILES string of the molecule is CC(C)C[C@@H](NC(=O)[C@@H](Cc1ccccc1)NC(=O)[C@H](N)Cc1ccccc1)C(=O)N[C@H](CCCCN)C(=O)NC1(C(=O)O)CCNCC1. The molecule has 4 amide bonds. The van der Waals surface area contributed by atoms with E-state index in [9.17, 15) is 29.1 Å². The monoisotopic (exact) mass is 679 g/mol. The Hall–Kier alpha value is -4.33. The minimum Gasteiger partial charge on any atom is -0.480 e. The largest absolute Gasteiger partial charge is 0.480 e. The van der Waals surface area contributed by atoms with Gasteiger partial charge in [-0.3, -0.25) is 19.2 Å². The van der Waals surface area contributed by atoms with Crippen LogP contribution in [0.2, 0.25) is 0 Å². The summed E-state index contributed by atoms with van der Waals surface area (Å²) in [4.78, 5) is 66.7. The first-order valence-electron chi connectivity index (χ1n) is 17.1. The Morgan fingerprint density at radius 1 is 0.755 bits per heavy atom. The summed E-state index contributed by atoms with van der Waals surface area (Å²) in [5.74, 6) is -3.43. The molecule has 10 N–H and O–H groups in total. The summed E-state index contributed by atoms with van der Waals surface area (Å²) in [5.41, 5.74) is 12.1. The molecule has 0 spiro atoms. The van der Waals surface area contributed by atoms with Gasteiger partial charge in [-0.15, -0.1) is 0 Å². The minimum absolute atomic E-state index is 0.0213. The summed E-state index contributed by atoms with van der Waals surface area (Å²) in [6, 6.07) is 14.5. The number of nitrogens with two attached hydrogens (primary N) is 2. The van der Waals surface area contributed by atoms with E-state index in [0.717, 1.165) is 11.1 Å². The molecule has 0 bridgehead atoms. The third kappa shape index (κ3) is 12.6. The van der Waals surface area contributed by atoms with Crippen LogP contribution < -0.4 is 38.1 Å². The maximum Gasteiger partial charge on any atom is 0.329 e. The van der Waals surface area contributed by atoms with Crippen molar-refractivity contribution >= 4 is 29.6 Å². The van der Waals surface area contributed by atoms with Crippen molar-refractivity contribution in [1.29, 1.82) is 0 Å². The molecule has 0 saturated carbocycles. The number of piperidine rings is 1. The van der Waals surface area contributed by atoms with E-state index < -0.39 is 59.3 Å². The first-order chi connectivity index (χ1) is 23.4. The van der Waals surface area contributed by atoms with E-state index in [4.69, 9.17) is 11.5 Å². The molecule has 0 unspecified atom stereocenters. The van der Waals surface area contributed by atoms with Crippen molar-refractivity contribution in [2.75, 3.05) is 19.6 Å². The minimum atomic E-state index is -1.45. The highest BCUT2D eigenvalue weighted by molar-refractivity contribution is 5.96. The highest BCUT2D eigenvalue weighted by Gasteiger charge is 2.42. The van der Waals surface area contributed by atoms with Gasteiger partial charge >= 0.3 is 5.97 Å². The summed E-state index contributed by atoms with van der Waals surface area (Å²) >= 11 is 0. The molecular formula is C36H53N7O6. The lowest BCUT2D eigenvalue weighted by molar-refractivity contribution is -0.149. The number of hydrogen-bond donors (Lipinski definition) is 8. The number of unbranched alkanes of at least 4 members (excludes halogenated alkanes) is 1. The maximum absolute atomic E-state index is 13.9. The van der Waals surface area contributed by atoms with E-state index in [1.807, 2.05) is 74.5 Å². The first kappa shape index (κ1) is 39.1. The molecule has 1 fully saturated rings. The lowest BCUT2D eigenvalue weighted by atomic mass is 9.87. The van der Waals surface area contributed by atoms with Crippen molar-refractivity contribution in [3.63, 3.8) is 0 Å². The summed E-state index contributed by atoms with van der Waals surface area (Å²) in [5, 5.41) is 24.2. The molecule has 2 aromatic rings. The van der Waals surface area contributed by atoms with Crippen molar-refractivity contribution in [2.45, 2.75) is 94.9 Å². The van der Waals surface area contributed by atoms with Crippen LogP contribution in [-0.4, -0.2) is 84.0 Å². The summed E-state index contributed by atoms with van der Waals surface area (Å²) in [6.07, 6.45) is 2.44. The van der Waals surface area contributed by atoms with Crippen molar-refractivity contribution in [1.82, 2.24) is 26.6 Å². The molecule has 1 heterocycles. The maximum atomic E-state index is 13.9. The second kappa shape index (κ2) is 19.6. The molecule has 3 rings (SSSR count). The third-order valence-electron chi connectivity index (χ3n) is 8.70.